The Kier molecular flexibility index (Phi) is 3.71. The van der Waals surface area contributed by atoms with Crippen molar-refractivity contribution in [3.63, 3.8) is 0 Å². The molecule has 0 bridgehead atoms. The first-order chi connectivity index (χ1) is 12.3. The normalized spacial score (nSPS) is 14.5. The highest BCUT2D eigenvalue weighted by Crippen LogP contribution is 2.34. The zero-order chi connectivity index (χ0) is 18.6. The summed E-state index contributed by atoms with van der Waals surface area (Å²) in [6, 6.07) is 11.5. The first-order valence-corrected chi connectivity index (χ1v) is 10.3. The minimum atomic E-state index is -3.48. The molecule has 8 heteroatoms. The minimum absolute atomic E-state index is 0.0435. The zero-order valence-corrected chi connectivity index (χ0v) is 15.6. The number of hydrogen-bond donors (Lipinski definition) is 0. The van der Waals surface area contributed by atoms with Crippen LogP contribution in [0.25, 0.3) is 10.2 Å². The fourth-order valence-corrected chi connectivity index (χ4v) is 5.45. The third-order valence-electron chi connectivity index (χ3n) is 4.27. The number of imide groups is 1. The molecular weight excluding hydrogens is 372 g/mol. The van der Waals surface area contributed by atoms with Gasteiger partial charge in [-0.3, -0.25) is 9.59 Å². The lowest BCUT2D eigenvalue weighted by Crippen LogP contribution is -2.29. The summed E-state index contributed by atoms with van der Waals surface area (Å²) in [5.74, 6) is -0.769. The van der Waals surface area contributed by atoms with Gasteiger partial charge in [-0.15, -0.1) is 11.3 Å². The number of nitrogens with zero attached hydrogens (tertiary/aromatic N) is 2. The van der Waals surface area contributed by atoms with Crippen LogP contribution in [0.1, 0.15) is 34.6 Å². The van der Waals surface area contributed by atoms with Crippen LogP contribution in [0.15, 0.2) is 46.8 Å². The van der Waals surface area contributed by atoms with E-state index in [1.165, 1.54) is 0 Å². The van der Waals surface area contributed by atoms with Gasteiger partial charge in [0.25, 0.3) is 11.8 Å². The molecule has 2 heterocycles. The molecule has 0 N–H and O–H groups in total. The summed E-state index contributed by atoms with van der Waals surface area (Å²) in [4.78, 5) is 30.5. The molecule has 0 atom stereocenters. The molecule has 2 amide bonds. The Bertz CT molecular complexity index is 1140. The highest BCUT2D eigenvalue weighted by Gasteiger charge is 2.36. The molecule has 2 aromatic carbocycles. The number of rotatable bonds is 3. The SMILES string of the molecule is CC(C)S(=O)(=O)c1nc2ccc(N3C(=O)c4ccccc4C3=O)cc2s1. The molecule has 1 aromatic heterocycles. The van der Waals surface area contributed by atoms with E-state index in [0.29, 0.717) is 27.0 Å². The summed E-state index contributed by atoms with van der Waals surface area (Å²) in [7, 11) is -3.48. The monoisotopic (exact) mass is 386 g/mol. The number of thiazole rings is 1. The van der Waals surface area contributed by atoms with Gasteiger partial charge in [-0.05, 0) is 44.2 Å². The fraction of sp³-hybridized carbons (Fsp3) is 0.167. The van der Waals surface area contributed by atoms with Gasteiger partial charge in [0.2, 0.25) is 14.2 Å². The maximum atomic E-state index is 12.6. The highest BCUT2D eigenvalue weighted by molar-refractivity contribution is 7.94. The molecular formula is C18H14N2O4S2. The Morgan fingerprint density at radius 2 is 1.62 bits per heavy atom. The third-order valence-corrected chi connectivity index (χ3v) is 7.85. The average molecular weight is 386 g/mol. The van der Waals surface area contributed by atoms with Crippen molar-refractivity contribution < 1.29 is 18.0 Å². The summed E-state index contributed by atoms with van der Waals surface area (Å²) < 4.78 is 25.3. The molecule has 3 aromatic rings. The van der Waals surface area contributed by atoms with Crippen molar-refractivity contribution in [3.05, 3.63) is 53.6 Å². The molecule has 0 saturated carbocycles. The zero-order valence-electron chi connectivity index (χ0n) is 14.0. The van der Waals surface area contributed by atoms with E-state index in [-0.39, 0.29) is 16.2 Å². The fourth-order valence-electron chi connectivity index (χ4n) is 2.78. The van der Waals surface area contributed by atoms with E-state index in [1.807, 2.05) is 0 Å². The van der Waals surface area contributed by atoms with E-state index in [1.54, 1.807) is 56.3 Å². The quantitative estimate of drug-likeness (QED) is 0.645. The summed E-state index contributed by atoms with van der Waals surface area (Å²) in [5, 5.41) is -0.571. The maximum Gasteiger partial charge on any atom is 0.266 e. The van der Waals surface area contributed by atoms with Crippen molar-refractivity contribution in [2.45, 2.75) is 23.4 Å². The molecule has 0 saturated heterocycles. The van der Waals surface area contributed by atoms with Gasteiger partial charge in [-0.1, -0.05) is 12.1 Å². The van der Waals surface area contributed by atoms with E-state index in [9.17, 15) is 18.0 Å². The van der Waals surface area contributed by atoms with Gasteiger partial charge in [0, 0.05) is 0 Å². The number of carbonyl (C=O) groups excluding carboxylic acids is 2. The van der Waals surface area contributed by atoms with Gasteiger partial charge in [0.15, 0.2) is 0 Å². The van der Waals surface area contributed by atoms with Crippen LogP contribution in [-0.4, -0.2) is 30.5 Å². The Hall–Kier alpha value is -2.58. The van der Waals surface area contributed by atoms with Gasteiger partial charge in [-0.25, -0.2) is 18.3 Å². The Balaban J connectivity index is 1.80. The van der Waals surface area contributed by atoms with Crippen molar-refractivity contribution in [1.29, 1.82) is 0 Å². The van der Waals surface area contributed by atoms with Crippen LogP contribution >= 0.6 is 11.3 Å². The summed E-state index contributed by atoms with van der Waals surface area (Å²) in [6.45, 7) is 3.21. The van der Waals surface area contributed by atoms with Crippen molar-refractivity contribution in [3.8, 4) is 0 Å². The number of carbonyl (C=O) groups is 2. The minimum Gasteiger partial charge on any atom is -0.268 e. The molecule has 0 aliphatic carbocycles. The molecule has 0 spiro atoms. The summed E-state index contributed by atoms with van der Waals surface area (Å²) >= 11 is 1.04. The summed E-state index contributed by atoms with van der Waals surface area (Å²) in [6.07, 6.45) is 0. The van der Waals surface area contributed by atoms with Crippen LogP contribution < -0.4 is 4.90 Å². The van der Waals surface area contributed by atoms with E-state index in [4.69, 9.17) is 0 Å². The molecule has 1 aliphatic heterocycles. The van der Waals surface area contributed by atoms with E-state index in [0.717, 1.165) is 16.2 Å². The second-order valence-corrected chi connectivity index (χ2v) is 9.93. The average Bonchev–Trinajstić information content (AvgIpc) is 3.15. The van der Waals surface area contributed by atoms with E-state index >= 15 is 0 Å². The van der Waals surface area contributed by atoms with E-state index in [2.05, 4.69) is 4.98 Å². The number of aromatic nitrogens is 1. The summed E-state index contributed by atoms with van der Waals surface area (Å²) in [5.41, 5.74) is 1.66. The molecule has 6 nitrogen and oxygen atoms in total. The van der Waals surface area contributed by atoms with Crippen LogP contribution in [0.2, 0.25) is 0 Å². The smallest absolute Gasteiger partial charge is 0.266 e. The van der Waals surface area contributed by atoms with Gasteiger partial charge >= 0.3 is 0 Å². The van der Waals surface area contributed by atoms with Crippen molar-refractivity contribution in [2.24, 2.45) is 0 Å². The van der Waals surface area contributed by atoms with Crippen molar-refractivity contribution in [2.75, 3.05) is 4.90 Å². The van der Waals surface area contributed by atoms with Gasteiger partial charge in [0.1, 0.15) is 0 Å². The predicted octanol–water partition coefficient (Wildman–Crippen LogP) is 3.28. The second kappa shape index (κ2) is 5.72. The largest absolute Gasteiger partial charge is 0.268 e. The molecule has 26 heavy (non-hydrogen) atoms. The number of hydrogen-bond acceptors (Lipinski definition) is 6. The van der Waals surface area contributed by atoms with Crippen molar-refractivity contribution in [1.82, 2.24) is 4.98 Å². The Morgan fingerprint density at radius 3 is 2.19 bits per heavy atom. The first-order valence-electron chi connectivity index (χ1n) is 7.93. The maximum absolute atomic E-state index is 12.6. The number of amides is 2. The topological polar surface area (TPSA) is 84.4 Å². The molecule has 0 radical (unpaired) electrons. The molecule has 0 fully saturated rings. The second-order valence-electron chi connectivity index (χ2n) is 6.22. The van der Waals surface area contributed by atoms with Crippen molar-refractivity contribution >= 4 is 48.9 Å². The molecule has 1 aliphatic rings. The first kappa shape index (κ1) is 16.9. The number of benzene rings is 2. The lowest BCUT2D eigenvalue weighted by Gasteiger charge is -2.13. The Morgan fingerprint density at radius 1 is 1.00 bits per heavy atom. The molecule has 132 valence electrons. The lowest BCUT2D eigenvalue weighted by molar-refractivity contribution is 0.0926. The van der Waals surface area contributed by atoms with Crippen LogP contribution in [0.5, 0.6) is 0 Å². The highest BCUT2D eigenvalue weighted by atomic mass is 32.2. The lowest BCUT2D eigenvalue weighted by atomic mass is 10.1. The van der Waals surface area contributed by atoms with Crippen LogP contribution in [-0.2, 0) is 9.84 Å². The number of anilines is 1. The predicted molar refractivity (Wildman–Crippen MR) is 99.5 cm³/mol. The standard InChI is InChI=1S/C18H14N2O4S2/c1-10(2)26(23,24)18-19-14-8-7-11(9-15(14)25-18)20-16(21)12-5-3-4-6-13(12)17(20)22/h3-10H,1-2H3. The van der Waals surface area contributed by atoms with Gasteiger partial charge < -0.3 is 0 Å². The van der Waals surface area contributed by atoms with Crippen LogP contribution in [0.3, 0.4) is 0 Å². The molecule has 4 rings (SSSR count). The van der Waals surface area contributed by atoms with Crippen LogP contribution in [0, 0.1) is 0 Å². The van der Waals surface area contributed by atoms with Gasteiger partial charge in [0.05, 0.1) is 32.3 Å². The van der Waals surface area contributed by atoms with Gasteiger partial charge in [-0.2, -0.15) is 0 Å². The van der Waals surface area contributed by atoms with E-state index < -0.39 is 15.1 Å². The number of fused-ring (bicyclic) bond motifs is 2. The Labute approximate surface area is 154 Å². The molecule has 0 unspecified atom stereocenters. The van der Waals surface area contributed by atoms with Crippen LogP contribution in [0.4, 0.5) is 5.69 Å². The third kappa shape index (κ3) is 2.37. The number of sulfone groups is 1.